The molecule has 7 heteroatoms. The fourth-order valence-corrected chi connectivity index (χ4v) is 3.95. The number of amides is 1. The fourth-order valence-electron chi connectivity index (χ4n) is 3.95. The van der Waals surface area contributed by atoms with Crippen molar-refractivity contribution >= 4 is 12.0 Å². The van der Waals surface area contributed by atoms with E-state index in [-0.39, 0.29) is 24.2 Å². The lowest BCUT2D eigenvalue weighted by Crippen LogP contribution is -2.43. The summed E-state index contributed by atoms with van der Waals surface area (Å²) >= 11 is 0. The molecule has 0 radical (unpaired) electrons. The van der Waals surface area contributed by atoms with E-state index in [2.05, 4.69) is 6.07 Å². The number of benzene rings is 2. The van der Waals surface area contributed by atoms with E-state index in [1.807, 2.05) is 36.5 Å². The molecule has 33 heavy (non-hydrogen) atoms. The molecule has 1 amide bonds. The van der Waals surface area contributed by atoms with Crippen molar-refractivity contribution in [1.29, 1.82) is 5.26 Å². The molecule has 0 spiro atoms. The Labute approximate surface area is 192 Å². The van der Waals surface area contributed by atoms with Gasteiger partial charge >= 0.3 is 0 Å². The summed E-state index contributed by atoms with van der Waals surface area (Å²) in [7, 11) is 0. The van der Waals surface area contributed by atoms with Crippen molar-refractivity contribution in [3.63, 3.8) is 0 Å². The van der Waals surface area contributed by atoms with Crippen molar-refractivity contribution in [3.05, 3.63) is 78.3 Å². The first-order valence-electron chi connectivity index (χ1n) is 11.0. The Kier molecular flexibility index (Phi) is 7.28. The van der Waals surface area contributed by atoms with Gasteiger partial charge in [-0.3, -0.25) is 4.79 Å². The Morgan fingerprint density at radius 3 is 2.61 bits per heavy atom. The quantitative estimate of drug-likeness (QED) is 0.499. The summed E-state index contributed by atoms with van der Waals surface area (Å²) < 4.78 is 20.6. The highest BCUT2D eigenvalue weighted by Crippen LogP contribution is 2.25. The minimum absolute atomic E-state index is 0.0628. The van der Waals surface area contributed by atoms with Crippen LogP contribution in [0.3, 0.4) is 0 Å². The van der Waals surface area contributed by atoms with Crippen molar-refractivity contribution < 1.29 is 13.9 Å². The Bertz CT molecular complexity index is 1140. The van der Waals surface area contributed by atoms with E-state index >= 15 is 0 Å². The molecule has 2 heterocycles. The maximum atomic E-state index is 13.5. The third-order valence-electron chi connectivity index (χ3n) is 5.67. The SMILES string of the molecule is N#CCCN(C(=O)/C=C/c1cn(-c2ccccc2)nc1-c1ccc(F)cc1)C1CCOCC1. The summed E-state index contributed by atoms with van der Waals surface area (Å²) in [5, 5.41) is 13.7. The van der Waals surface area contributed by atoms with Gasteiger partial charge in [0, 0.05) is 49.2 Å². The Balaban J connectivity index is 1.64. The number of carbonyl (C=O) groups excluding carboxylic acids is 1. The van der Waals surface area contributed by atoms with E-state index in [1.54, 1.807) is 27.8 Å². The summed E-state index contributed by atoms with van der Waals surface area (Å²) in [5.41, 5.74) is 3.03. The number of hydrogen-bond acceptors (Lipinski definition) is 4. The highest BCUT2D eigenvalue weighted by Gasteiger charge is 2.24. The molecule has 0 N–H and O–H groups in total. The Hall–Kier alpha value is -3.76. The van der Waals surface area contributed by atoms with Crippen LogP contribution in [-0.4, -0.2) is 46.4 Å². The molecule has 1 fully saturated rings. The monoisotopic (exact) mass is 444 g/mol. The van der Waals surface area contributed by atoms with Crippen LogP contribution in [0.5, 0.6) is 0 Å². The zero-order valence-corrected chi connectivity index (χ0v) is 18.2. The van der Waals surface area contributed by atoms with Gasteiger partial charge in [-0.05, 0) is 55.3 Å². The highest BCUT2D eigenvalue weighted by molar-refractivity contribution is 5.93. The summed E-state index contributed by atoms with van der Waals surface area (Å²) in [6, 6.07) is 18.0. The number of rotatable bonds is 7. The van der Waals surface area contributed by atoms with Crippen LogP contribution in [0.1, 0.15) is 24.8 Å². The normalized spacial score (nSPS) is 14.3. The summed E-state index contributed by atoms with van der Waals surface area (Å²) in [4.78, 5) is 14.9. The standard InChI is InChI=1S/C26H25FN4O2/c27-22-10-7-20(8-11-22)26-21(19-31(29-26)24-5-2-1-3-6-24)9-12-25(32)30(16-4-15-28)23-13-17-33-18-14-23/h1-3,5-12,19,23H,4,13-14,16-18H2/b12-9+. The van der Waals surface area contributed by atoms with Gasteiger partial charge in [0.25, 0.3) is 0 Å². The lowest BCUT2D eigenvalue weighted by molar-refractivity contribution is -0.130. The van der Waals surface area contributed by atoms with Crippen LogP contribution in [0.4, 0.5) is 4.39 Å². The van der Waals surface area contributed by atoms with Gasteiger partial charge in [0.1, 0.15) is 5.82 Å². The van der Waals surface area contributed by atoms with Crippen molar-refractivity contribution in [3.8, 4) is 23.0 Å². The smallest absolute Gasteiger partial charge is 0.246 e. The predicted molar refractivity (Wildman–Crippen MR) is 124 cm³/mol. The number of hydrogen-bond donors (Lipinski definition) is 0. The average Bonchev–Trinajstić information content (AvgIpc) is 3.29. The molecule has 1 aromatic heterocycles. The molecule has 0 saturated carbocycles. The van der Waals surface area contributed by atoms with Gasteiger partial charge in [0.2, 0.25) is 5.91 Å². The van der Waals surface area contributed by atoms with Crippen LogP contribution in [0.2, 0.25) is 0 Å². The Morgan fingerprint density at radius 2 is 1.91 bits per heavy atom. The third kappa shape index (κ3) is 5.54. The molecular formula is C26H25FN4O2. The molecule has 1 saturated heterocycles. The van der Waals surface area contributed by atoms with Gasteiger partial charge in [0.05, 0.1) is 23.9 Å². The van der Waals surface area contributed by atoms with E-state index in [9.17, 15) is 9.18 Å². The molecule has 2 aromatic carbocycles. The largest absolute Gasteiger partial charge is 0.381 e. The molecule has 1 aliphatic heterocycles. The highest BCUT2D eigenvalue weighted by atomic mass is 19.1. The van der Waals surface area contributed by atoms with Gasteiger partial charge in [-0.25, -0.2) is 9.07 Å². The van der Waals surface area contributed by atoms with E-state index in [0.717, 1.165) is 29.7 Å². The van der Waals surface area contributed by atoms with Crippen LogP contribution in [0.15, 0.2) is 66.9 Å². The molecule has 0 aliphatic carbocycles. The second kappa shape index (κ2) is 10.7. The molecule has 6 nitrogen and oxygen atoms in total. The minimum atomic E-state index is -0.321. The van der Waals surface area contributed by atoms with Crippen molar-refractivity contribution in [1.82, 2.24) is 14.7 Å². The number of nitrogens with zero attached hydrogens (tertiary/aromatic N) is 4. The number of halogens is 1. The zero-order chi connectivity index (χ0) is 23.0. The molecule has 168 valence electrons. The van der Waals surface area contributed by atoms with Crippen molar-refractivity contribution in [2.24, 2.45) is 0 Å². The molecule has 0 bridgehead atoms. The maximum absolute atomic E-state index is 13.5. The maximum Gasteiger partial charge on any atom is 0.246 e. The number of aromatic nitrogens is 2. The first-order valence-corrected chi connectivity index (χ1v) is 11.0. The number of ether oxygens (including phenoxy) is 1. The van der Waals surface area contributed by atoms with Crippen LogP contribution >= 0.6 is 0 Å². The summed E-state index contributed by atoms with van der Waals surface area (Å²) in [6.45, 7) is 1.62. The van der Waals surface area contributed by atoms with E-state index < -0.39 is 0 Å². The van der Waals surface area contributed by atoms with E-state index in [0.29, 0.717) is 25.5 Å². The molecule has 4 rings (SSSR count). The first-order chi connectivity index (χ1) is 16.2. The van der Waals surface area contributed by atoms with Gasteiger partial charge < -0.3 is 9.64 Å². The molecule has 1 aliphatic rings. The molecular weight excluding hydrogens is 419 g/mol. The van der Waals surface area contributed by atoms with E-state index in [1.165, 1.54) is 18.2 Å². The fraction of sp³-hybridized carbons (Fsp3) is 0.269. The second-order valence-electron chi connectivity index (χ2n) is 7.84. The molecule has 0 unspecified atom stereocenters. The second-order valence-corrected chi connectivity index (χ2v) is 7.84. The zero-order valence-electron chi connectivity index (χ0n) is 18.2. The van der Waals surface area contributed by atoms with Crippen LogP contribution in [0, 0.1) is 17.1 Å². The van der Waals surface area contributed by atoms with Crippen molar-refractivity contribution in [2.45, 2.75) is 25.3 Å². The topological polar surface area (TPSA) is 71.2 Å². The van der Waals surface area contributed by atoms with Gasteiger partial charge in [0.15, 0.2) is 0 Å². The number of nitriles is 1. The Morgan fingerprint density at radius 1 is 1.18 bits per heavy atom. The molecule has 3 aromatic rings. The van der Waals surface area contributed by atoms with Gasteiger partial charge in [-0.2, -0.15) is 10.4 Å². The predicted octanol–water partition coefficient (Wildman–Crippen LogP) is 4.61. The molecule has 0 atom stereocenters. The third-order valence-corrected chi connectivity index (χ3v) is 5.67. The minimum Gasteiger partial charge on any atom is -0.381 e. The lowest BCUT2D eigenvalue weighted by atomic mass is 10.1. The average molecular weight is 445 g/mol. The number of para-hydroxylation sites is 1. The van der Waals surface area contributed by atoms with Crippen LogP contribution in [-0.2, 0) is 9.53 Å². The first kappa shape index (κ1) is 22.4. The van der Waals surface area contributed by atoms with Gasteiger partial charge in [-0.15, -0.1) is 0 Å². The summed E-state index contributed by atoms with van der Waals surface area (Å²) in [5.74, 6) is -0.465. The lowest BCUT2D eigenvalue weighted by Gasteiger charge is -2.33. The summed E-state index contributed by atoms with van der Waals surface area (Å²) in [6.07, 6.45) is 6.93. The van der Waals surface area contributed by atoms with Gasteiger partial charge in [-0.1, -0.05) is 18.2 Å². The van der Waals surface area contributed by atoms with E-state index in [4.69, 9.17) is 15.1 Å². The number of carbonyl (C=O) groups is 1. The van der Waals surface area contributed by atoms with Crippen LogP contribution in [0.25, 0.3) is 23.0 Å². The van der Waals surface area contributed by atoms with Crippen molar-refractivity contribution in [2.75, 3.05) is 19.8 Å². The van der Waals surface area contributed by atoms with Crippen LogP contribution < -0.4 is 0 Å².